The van der Waals surface area contributed by atoms with Crippen molar-refractivity contribution in [1.29, 1.82) is 0 Å². The van der Waals surface area contributed by atoms with Crippen LogP contribution in [0.4, 0.5) is 4.39 Å². The summed E-state index contributed by atoms with van der Waals surface area (Å²) in [6.45, 7) is 0.594. The number of hydrogen-bond donors (Lipinski definition) is 2. The van der Waals surface area contributed by atoms with Crippen LogP contribution in [0.15, 0.2) is 22.0 Å². The molecule has 1 amide bonds. The van der Waals surface area contributed by atoms with Crippen molar-refractivity contribution in [2.75, 3.05) is 6.26 Å². The van der Waals surface area contributed by atoms with E-state index in [4.69, 9.17) is 11.5 Å². The van der Waals surface area contributed by atoms with Crippen LogP contribution in [0.3, 0.4) is 0 Å². The maximum absolute atomic E-state index is 12.9. The van der Waals surface area contributed by atoms with E-state index in [0.717, 1.165) is 12.3 Å². The lowest BCUT2D eigenvalue weighted by molar-refractivity contribution is 0.100. The normalized spacial score (nSPS) is 11.1. The zero-order valence-corrected chi connectivity index (χ0v) is 11.3. The Kier molecular flexibility index (Phi) is 4.25. The molecule has 1 rings (SSSR count). The van der Waals surface area contributed by atoms with Gasteiger partial charge in [-0.15, -0.1) is 0 Å². The van der Waals surface area contributed by atoms with Crippen LogP contribution in [0.5, 0.6) is 0 Å². The maximum atomic E-state index is 12.9. The van der Waals surface area contributed by atoms with E-state index in [9.17, 15) is 17.6 Å². The van der Waals surface area contributed by atoms with Crippen molar-refractivity contribution in [3.8, 4) is 0 Å². The van der Waals surface area contributed by atoms with Crippen molar-refractivity contribution in [2.45, 2.75) is 18.5 Å². The summed E-state index contributed by atoms with van der Waals surface area (Å²) >= 11 is 0. The van der Waals surface area contributed by atoms with Gasteiger partial charge in [0.15, 0.2) is 15.8 Å². The van der Waals surface area contributed by atoms with Gasteiger partial charge < -0.3 is 11.5 Å². The Labute approximate surface area is 110 Å². The Morgan fingerprint density at radius 3 is 2.37 bits per heavy atom. The summed E-state index contributed by atoms with van der Waals surface area (Å²) in [5, 5.41) is 0. The number of aryl methyl sites for hydroxylation is 1. The fourth-order valence-electron chi connectivity index (χ4n) is 1.63. The van der Waals surface area contributed by atoms with Crippen LogP contribution in [0, 0.1) is 6.92 Å². The van der Waals surface area contributed by atoms with E-state index in [2.05, 4.69) is 4.99 Å². The molecule has 0 radical (unpaired) electrons. The van der Waals surface area contributed by atoms with Gasteiger partial charge in [0.05, 0.1) is 4.90 Å². The highest BCUT2D eigenvalue weighted by Gasteiger charge is 2.18. The first kappa shape index (κ1) is 15.1. The van der Waals surface area contributed by atoms with Crippen molar-refractivity contribution in [3.05, 3.63) is 28.8 Å². The Balaban J connectivity index is 3.55. The molecule has 0 saturated heterocycles. The Hall–Kier alpha value is -1.96. The van der Waals surface area contributed by atoms with Crippen LogP contribution < -0.4 is 11.5 Å². The van der Waals surface area contributed by atoms with Gasteiger partial charge in [0, 0.05) is 11.8 Å². The number of nitrogens with two attached hydrogens (primary N) is 2. The fourth-order valence-corrected chi connectivity index (χ4v) is 2.61. The molecule has 0 fully saturated rings. The third kappa shape index (κ3) is 3.50. The van der Waals surface area contributed by atoms with Crippen LogP contribution in [0.25, 0.3) is 0 Å². The molecule has 0 aliphatic carbocycles. The number of carbonyl (C=O) groups is 1. The smallest absolute Gasteiger partial charge is 0.280 e. The van der Waals surface area contributed by atoms with Crippen LogP contribution in [-0.4, -0.2) is 26.5 Å². The highest BCUT2D eigenvalue weighted by atomic mass is 32.2. The number of hydrogen-bond acceptors (Lipinski definition) is 3. The van der Waals surface area contributed by atoms with Crippen molar-refractivity contribution in [1.82, 2.24) is 0 Å². The molecule has 0 saturated carbocycles. The molecule has 0 aromatic heterocycles. The van der Waals surface area contributed by atoms with Crippen molar-refractivity contribution in [3.63, 3.8) is 0 Å². The zero-order chi connectivity index (χ0) is 14.8. The summed E-state index contributed by atoms with van der Waals surface area (Å²) < 4.78 is 36.0. The SMILES string of the molecule is Cc1cc(CF)c(C(=O)N=C(N)N)cc1S(C)(=O)=O. The minimum absolute atomic E-state index is 0.0416. The van der Waals surface area contributed by atoms with Crippen molar-refractivity contribution < 1.29 is 17.6 Å². The second-order valence-electron chi connectivity index (χ2n) is 4.02. The number of halogens is 1. The van der Waals surface area contributed by atoms with Crippen LogP contribution in [0.1, 0.15) is 21.5 Å². The molecule has 1 aromatic carbocycles. The summed E-state index contributed by atoms with van der Waals surface area (Å²) in [5.74, 6) is -1.35. The summed E-state index contributed by atoms with van der Waals surface area (Å²) in [7, 11) is -3.53. The number of guanidine groups is 1. The first-order valence-corrected chi connectivity index (χ1v) is 7.09. The zero-order valence-electron chi connectivity index (χ0n) is 10.5. The van der Waals surface area contributed by atoms with Crippen molar-refractivity contribution >= 4 is 21.7 Å². The highest BCUT2D eigenvalue weighted by Crippen LogP contribution is 2.22. The molecule has 104 valence electrons. The lowest BCUT2D eigenvalue weighted by atomic mass is 10.0. The van der Waals surface area contributed by atoms with Gasteiger partial charge in [0.25, 0.3) is 5.91 Å². The number of sulfone groups is 1. The van der Waals surface area contributed by atoms with E-state index >= 15 is 0 Å². The molecule has 0 atom stereocenters. The number of carbonyl (C=O) groups excluding carboxylic acids is 1. The summed E-state index contributed by atoms with van der Waals surface area (Å²) in [5.41, 5.74) is 10.4. The number of rotatable bonds is 3. The minimum Gasteiger partial charge on any atom is -0.370 e. The van der Waals surface area contributed by atoms with Gasteiger partial charge in [-0.25, -0.2) is 12.8 Å². The Morgan fingerprint density at radius 2 is 1.95 bits per heavy atom. The predicted octanol–water partition coefficient (Wildman–Crippen LogP) is 0.282. The van der Waals surface area contributed by atoms with E-state index in [1.165, 1.54) is 13.0 Å². The van der Waals surface area contributed by atoms with E-state index in [0.29, 0.717) is 5.56 Å². The molecule has 0 unspecified atom stereocenters. The number of alkyl halides is 1. The predicted molar refractivity (Wildman–Crippen MR) is 69.2 cm³/mol. The molecular weight excluding hydrogens is 273 g/mol. The summed E-state index contributed by atoms with van der Waals surface area (Å²) in [4.78, 5) is 14.9. The maximum Gasteiger partial charge on any atom is 0.280 e. The molecule has 0 bridgehead atoms. The highest BCUT2D eigenvalue weighted by molar-refractivity contribution is 7.90. The molecule has 0 heterocycles. The lowest BCUT2D eigenvalue weighted by Crippen LogP contribution is -2.24. The minimum atomic E-state index is -3.53. The third-order valence-electron chi connectivity index (χ3n) is 2.41. The monoisotopic (exact) mass is 287 g/mol. The van der Waals surface area contributed by atoms with E-state index in [1.54, 1.807) is 0 Å². The second-order valence-corrected chi connectivity index (χ2v) is 6.01. The molecule has 0 spiro atoms. The van der Waals surface area contributed by atoms with Gasteiger partial charge in [-0.05, 0) is 24.1 Å². The second kappa shape index (κ2) is 5.35. The van der Waals surface area contributed by atoms with Gasteiger partial charge in [-0.1, -0.05) is 6.07 Å². The number of amides is 1. The van der Waals surface area contributed by atoms with Gasteiger partial charge >= 0.3 is 0 Å². The van der Waals surface area contributed by atoms with Crippen LogP contribution in [0.2, 0.25) is 0 Å². The largest absolute Gasteiger partial charge is 0.370 e. The van der Waals surface area contributed by atoms with Crippen LogP contribution in [-0.2, 0) is 16.5 Å². The van der Waals surface area contributed by atoms with Crippen molar-refractivity contribution in [2.24, 2.45) is 16.5 Å². The lowest BCUT2D eigenvalue weighted by Gasteiger charge is -2.09. The molecule has 0 aliphatic heterocycles. The number of benzene rings is 1. The van der Waals surface area contributed by atoms with E-state index < -0.39 is 28.4 Å². The molecule has 0 aliphatic rings. The Bertz CT molecular complexity index is 649. The molecular formula is C11H14FN3O3S. The number of aliphatic imine (C=N–C) groups is 1. The molecule has 6 nitrogen and oxygen atoms in total. The fraction of sp³-hybridized carbons (Fsp3) is 0.273. The first-order valence-electron chi connectivity index (χ1n) is 5.20. The Morgan fingerprint density at radius 1 is 1.37 bits per heavy atom. The quantitative estimate of drug-likeness (QED) is 0.612. The van der Waals surface area contributed by atoms with Gasteiger partial charge in [0.1, 0.15) is 6.67 Å². The third-order valence-corrected chi connectivity index (χ3v) is 3.64. The van der Waals surface area contributed by atoms with Gasteiger partial charge in [-0.2, -0.15) is 4.99 Å². The summed E-state index contributed by atoms with van der Waals surface area (Å²) in [6.07, 6.45) is 0.999. The molecule has 1 aromatic rings. The van der Waals surface area contributed by atoms with E-state index in [-0.39, 0.29) is 16.0 Å². The average molecular weight is 287 g/mol. The standard InChI is InChI=1S/C11H14FN3O3S/c1-6-3-7(5-12)8(10(16)15-11(13)14)4-9(6)19(2,17)18/h3-4H,5H2,1-2H3,(H4,13,14,15,16). The number of nitrogens with zero attached hydrogens (tertiary/aromatic N) is 1. The van der Waals surface area contributed by atoms with Gasteiger partial charge in [-0.3, -0.25) is 4.79 Å². The topological polar surface area (TPSA) is 116 Å². The molecule has 8 heteroatoms. The van der Waals surface area contributed by atoms with Crippen LogP contribution >= 0.6 is 0 Å². The molecule has 4 N–H and O–H groups in total. The first-order chi connectivity index (χ1) is 8.66. The molecule has 19 heavy (non-hydrogen) atoms. The average Bonchev–Trinajstić information content (AvgIpc) is 2.25. The van der Waals surface area contributed by atoms with Gasteiger partial charge in [0.2, 0.25) is 0 Å². The summed E-state index contributed by atoms with van der Waals surface area (Å²) in [6, 6.07) is 2.39. The van der Waals surface area contributed by atoms with E-state index in [1.807, 2.05) is 0 Å².